The molecule has 2 aliphatic rings. The third kappa shape index (κ3) is 4.61. The number of fused-ring (bicyclic) bond motifs is 1. The Kier molecular flexibility index (Phi) is 6.99. The number of rotatable bonds is 5. The standard InChI is InChI=1S/C23H25Cl2N3O5/c1-13-11-17-19(22(29)28(13)6-5-27-7-9-32-10-8-27)18(15-4-3-14(24)12-16(15)25)20(21(26)33-17)23(30)31-2/h3-4,11-12,18H,5-10,26H2,1-2H3/t18-/m0/s1. The first-order valence-corrected chi connectivity index (χ1v) is 11.3. The lowest BCUT2D eigenvalue weighted by Crippen LogP contribution is -2.40. The van der Waals surface area contributed by atoms with Gasteiger partial charge in [0.15, 0.2) is 0 Å². The molecule has 0 spiro atoms. The first kappa shape index (κ1) is 23.6. The van der Waals surface area contributed by atoms with Crippen LogP contribution in [0.2, 0.25) is 10.0 Å². The van der Waals surface area contributed by atoms with Gasteiger partial charge in [-0.05, 0) is 24.6 Å². The van der Waals surface area contributed by atoms with Crippen LogP contribution >= 0.6 is 23.2 Å². The van der Waals surface area contributed by atoms with Gasteiger partial charge in [0.2, 0.25) is 5.88 Å². The number of esters is 1. The minimum Gasteiger partial charge on any atom is -0.465 e. The Labute approximate surface area is 201 Å². The molecule has 1 atom stereocenters. The van der Waals surface area contributed by atoms with Crippen molar-refractivity contribution >= 4 is 29.2 Å². The van der Waals surface area contributed by atoms with Crippen LogP contribution < -0.4 is 16.0 Å². The van der Waals surface area contributed by atoms with E-state index in [-0.39, 0.29) is 22.6 Å². The minimum atomic E-state index is -0.867. The maximum absolute atomic E-state index is 13.8. The maximum atomic E-state index is 13.8. The largest absolute Gasteiger partial charge is 0.465 e. The number of halogens is 2. The summed E-state index contributed by atoms with van der Waals surface area (Å²) in [6, 6.07) is 6.64. The van der Waals surface area contributed by atoms with Crippen molar-refractivity contribution in [2.24, 2.45) is 5.73 Å². The van der Waals surface area contributed by atoms with Crippen molar-refractivity contribution < 1.29 is 19.0 Å². The fourth-order valence-corrected chi connectivity index (χ4v) is 4.80. The number of pyridine rings is 1. The van der Waals surface area contributed by atoms with Crippen molar-refractivity contribution in [2.45, 2.75) is 19.4 Å². The predicted octanol–water partition coefficient (Wildman–Crippen LogP) is 2.66. The van der Waals surface area contributed by atoms with Gasteiger partial charge in [0.1, 0.15) is 11.3 Å². The molecule has 2 aliphatic heterocycles. The summed E-state index contributed by atoms with van der Waals surface area (Å²) < 4.78 is 17.8. The van der Waals surface area contributed by atoms with Gasteiger partial charge in [-0.1, -0.05) is 29.3 Å². The molecule has 176 valence electrons. The fraction of sp³-hybridized carbons (Fsp3) is 0.391. The molecule has 2 aromatic rings. The average molecular weight is 494 g/mol. The predicted molar refractivity (Wildman–Crippen MR) is 125 cm³/mol. The Morgan fingerprint density at radius 1 is 1.21 bits per heavy atom. The Bertz CT molecular complexity index is 1170. The number of aryl methyl sites for hydroxylation is 1. The first-order valence-electron chi connectivity index (χ1n) is 10.6. The normalized spacial score (nSPS) is 18.6. The highest BCUT2D eigenvalue weighted by Crippen LogP contribution is 2.43. The van der Waals surface area contributed by atoms with Crippen molar-refractivity contribution in [1.29, 1.82) is 0 Å². The molecule has 0 aliphatic carbocycles. The lowest BCUT2D eigenvalue weighted by molar-refractivity contribution is -0.136. The highest BCUT2D eigenvalue weighted by molar-refractivity contribution is 6.35. The Morgan fingerprint density at radius 2 is 1.94 bits per heavy atom. The average Bonchev–Trinajstić information content (AvgIpc) is 2.78. The number of hydrogen-bond acceptors (Lipinski definition) is 7. The Morgan fingerprint density at radius 3 is 2.61 bits per heavy atom. The van der Waals surface area contributed by atoms with Gasteiger partial charge in [-0.15, -0.1) is 0 Å². The number of nitrogens with zero attached hydrogens (tertiary/aromatic N) is 2. The summed E-state index contributed by atoms with van der Waals surface area (Å²) in [6.45, 7) is 5.99. The highest BCUT2D eigenvalue weighted by Gasteiger charge is 2.39. The van der Waals surface area contributed by atoms with E-state index in [1.165, 1.54) is 7.11 Å². The second-order valence-electron chi connectivity index (χ2n) is 7.94. The molecule has 3 heterocycles. The molecule has 1 aromatic heterocycles. The van der Waals surface area contributed by atoms with Crippen LogP contribution in [0.1, 0.15) is 22.7 Å². The first-order chi connectivity index (χ1) is 15.8. The van der Waals surface area contributed by atoms with Gasteiger partial charge in [0.05, 0.1) is 31.8 Å². The molecule has 1 fully saturated rings. The van der Waals surface area contributed by atoms with E-state index in [2.05, 4.69) is 4.90 Å². The number of carbonyl (C=O) groups is 1. The number of nitrogens with two attached hydrogens (primary N) is 1. The van der Waals surface area contributed by atoms with E-state index in [0.29, 0.717) is 47.7 Å². The summed E-state index contributed by atoms with van der Waals surface area (Å²) in [5.74, 6) is -1.40. The van der Waals surface area contributed by atoms with Crippen LogP contribution in [0.25, 0.3) is 0 Å². The summed E-state index contributed by atoms with van der Waals surface area (Å²) in [6.07, 6.45) is 0. The molecule has 2 N–H and O–H groups in total. The SMILES string of the molecule is COC(=O)C1=C(N)Oc2cc(C)n(CCN3CCOCC3)c(=O)c2[C@@H]1c1ccc(Cl)cc1Cl. The molecule has 1 saturated heterocycles. The molecule has 8 nitrogen and oxygen atoms in total. The van der Waals surface area contributed by atoms with Crippen molar-refractivity contribution in [3.05, 3.63) is 72.9 Å². The number of methoxy groups -OCH3 is 1. The van der Waals surface area contributed by atoms with Gasteiger partial charge in [-0.25, -0.2) is 4.79 Å². The molecule has 10 heteroatoms. The van der Waals surface area contributed by atoms with Crippen LogP contribution in [0.5, 0.6) is 5.75 Å². The highest BCUT2D eigenvalue weighted by atomic mass is 35.5. The Balaban J connectivity index is 1.84. The number of aromatic nitrogens is 1. The topological polar surface area (TPSA) is 96.0 Å². The van der Waals surface area contributed by atoms with Crippen LogP contribution in [0.4, 0.5) is 0 Å². The van der Waals surface area contributed by atoms with Crippen molar-refractivity contribution in [3.8, 4) is 5.75 Å². The molecule has 1 aromatic carbocycles. The van der Waals surface area contributed by atoms with E-state index in [4.69, 9.17) is 43.1 Å². The van der Waals surface area contributed by atoms with Gasteiger partial charge in [0, 0.05) is 48.0 Å². The second-order valence-corrected chi connectivity index (χ2v) is 8.79. The van der Waals surface area contributed by atoms with E-state index < -0.39 is 11.9 Å². The number of morpholine rings is 1. The zero-order valence-corrected chi connectivity index (χ0v) is 19.9. The van der Waals surface area contributed by atoms with Crippen LogP contribution in [-0.2, 0) is 20.8 Å². The smallest absolute Gasteiger partial charge is 0.340 e. The summed E-state index contributed by atoms with van der Waals surface area (Å²) in [5, 5.41) is 0.730. The van der Waals surface area contributed by atoms with Crippen molar-refractivity contribution in [3.63, 3.8) is 0 Å². The quantitative estimate of drug-likeness (QED) is 0.639. The van der Waals surface area contributed by atoms with Crippen LogP contribution in [0.15, 0.2) is 40.5 Å². The summed E-state index contributed by atoms with van der Waals surface area (Å²) >= 11 is 12.6. The number of carbonyl (C=O) groups excluding carboxylic acids is 1. The Hall–Kier alpha value is -2.52. The maximum Gasteiger partial charge on any atom is 0.340 e. The molecule has 4 rings (SSSR count). The zero-order chi connectivity index (χ0) is 23.7. The van der Waals surface area contributed by atoms with Crippen molar-refractivity contribution in [2.75, 3.05) is 40.0 Å². The third-order valence-corrected chi connectivity index (χ3v) is 6.55. The van der Waals surface area contributed by atoms with Gasteiger partial charge in [-0.3, -0.25) is 9.69 Å². The monoisotopic (exact) mass is 493 g/mol. The molecule has 0 saturated carbocycles. The fourth-order valence-electron chi connectivity index (χ4n) is 4.29. The van der Waals surface area contributed by atoms with E-state index in [1.807, 2.05) is 6.92 Å². The summed E-state index contributed by atoms with van der Waals surface area (Å²) in [5.41, 5.74) is 7.39. The number of hydrogen-bond donors (Lipinski definition) is 1. The van der Waals surface area contributed by atoms with E-state index in [1.54, 1.807) is 28.8 Å². The molecule has 0 radical (unpaired) electrons. The van der Waals surface area contributed by atoms with E-state index >= 15 is 0 Å². The van der Waals surface area contributed by atoms with Gasteiger partial charge in [0.25, 0.3) is 5.56 Å². The van der Waals surface area contributed by atoms with Crippen LogP contribution in [0.3, 0.4) is 0 Å². The van der Waals surface area contributed by atoms with E-state index in [0.717, 1.165) is 18.8 Å². The number of ether oxygens (including phenoxy) is 3. The zero-order valence-electron chi connectivity index (χ0n) is 18.4. The lowest BCUT2D eigenvalue weighted by Gasteiger charge is -2.30. The van der Waals surface area contributed by atoms with Crippen LogP contribution in [0, 0.1) is 6.92 Å². The molecular formula is C23H25Cl2N3O5. The van der Waals surface area contributed by atoms with Gasteiger partial charge < -0.3 is 24.5 Å². The summed E-state index contributed by atoms with van der Waals surface area (Å²) in [4.78, 5) is 28.7. The lowest BCUT2D eigenvalue weighted by atomic mass is 9.83. The summed E-state index contributed by atoms with van der Waals surface area (Å²) in [7, 11) is 1.24. The molecule has 0 unspecified atom stereocenters. The number of benzene rings is 1. The minimum absolute atomic E-state index is 0.0231. The molecule has 0 bridgehead atoms. The second kappa shape index (κ2) is 9.77. The van der Waals surface area contributed by atoms with Crippen molar-refractivity contribution in [1.82, 2.24) is 9.47 Å². The molecule has 0 amide bonds. The van der Waals surface area contributed by atoms with Crippen LogP contribution in [-0.4, -0.2) is 55.4 Å². The third-order valence-electron chi connectivity index (χ3n) is 5.99. The van der Waals surface area contributed by atoms with E-state index in [9.17, 15) is 9.59 Å². The van der Waals surface area contributed by atoms with Gasteiger partial charge in [-0.2, -0.15) is 0 Å². The van der Waals surface area contributed by atoms with Gasteiger partial charge >= 0.3 is 5.97 Å². The molecule has 33 heavy (non-hydrogen) atoms. The molecular weight excluding hydrogens is 469 g/mol.